The maximum atomic E-state index is 5.27. The van der Waals surface area contributed by atoms with Gasteiger partial charge in [0.1, 0.15) is 5.75 Å². The summed E-state index contributed by atoms with van der Waals surface area (Å²) in [6.07, 6.45) is 1.15. The van der Waals surface area contributed by atoms with Gasteiger partial charge in [-0.15, -0.1) is 0 Å². The van der Waals surface area contributed by atoms with Crippen molar-refractivity contribution in [3.63, 3.8) is 0 Å². The minimum atomic E-state index is 0.584. The van der Waals surface area contributed by atoms with E-state index >= 15 is 0 Å². The zero-order chi connectivity index (χ0) is 8.97. The van der Waals surface area contributed by atoms with E-state index in [9.17, 15) is 0 Å². The molecule has 0 bridgehead atoms. The fourth-order valence-electron chi connectivity index (χ4n) is 1.29. The van der Waals surface area contributed by atoms with Crippen LogP contribution < -0.4 is 4.74 Å². The lowest BCUT2D eigenvalue weighted by atomic mass is 9.98. The van der Waals surface area contributed by atoms with E-state index in [2.05, 4.69) is 26.0 Å². The summed E-state index contributed by atoms with van der Waals surface area (Å²) in [4.78, 5) is 0. The molecule has 1 aromatic rings. The molecule has 0 unspecified atom stereocenters. The van der Waals surface area contributed by atoms with E-state index in [1.807, 2.05) is 12.1 Å². The van der Waals surface area contributed by atoms with Crippen molar-refractivity contribution in [2.45, 2.75) is 26.2 Å². The second kappa shape index (κ2) is 4.15. The molecule has 1 nitrogen and oxygen atoms in total. The van der Waals surface area contributed by atoms with Gasteiger partial charge in [0.25, 0.3) is 0 Å². The van der Waals surface area contributed by atoms with Gasteiger partial charge in [-0.25, -0.2) is 0 Å². The first kappa shape index (κ1) is 9.11. The normalized spacial score (nSPS) is 12.6. The zero-order valence-corrected chi connectivity index (χ0v) is 8.00. The highest BCUT2D eigenvalue weighted by Gasteiger charge is 2.07. The Morgan fingerprint density at radius 1 is 1.33 bits per heavy atom. The Balaban J connectivity index is 2.96. The molecule has 0 saturated heterocycles. The average Bonchev–Trinajstić information content (AvgIpc) is 2.16. The third-order valence-corrected chi connectivity index (χ3v) is 2.28. The fourth-order valence-corrected chi connectivity index (χ4v) is 1.29. The summed E-state index contributed by atoms with van der Waals surface area (Å²) in [6.45, 7) is 4.41. The Morgan fingerprint density at radius 3 is 2.58 bits per heavy atom. The monoisotopic (exact) mass is 164 g/mol. The summed E-state index contributed by atoms with van der Waals surface area (Å²) in [5, 5.41) is 0. The quantitative estimate of drug-likeness (QED) is 0.666. The standard InChI is InChI=1S/C11H16O/c1-4-9(2)10-7-5-6-8-11(10)12-3/h5-9H,4H2,1-3H3/t9-/m1/s1. The molecule has 1 atom stereocenters. The summed E-state index contributed by atoms with van der Waals surface area (Å²) in [5.74, 6) is 1.59. The molecule has 1 rings (SSSR count). The number of hydrogen-bond donors (Lipinski definition) is 0. The lowest BCUT2D eigenvalue weighted by Crippen LogP contribution is -1.95. The first-order valence-corrected chi connectivity index (χ1v) is 4.42. The minimum absolute atomic E-state index is 0.584. The van der Waals surface area contributed by atoms with Crippen LogP contribution in [0.2, 0.25) is 0 Å². The average molecular weight is 164 g/mol. The third kappa shape index (κ3) is 1.79. The topological polar surface area (TPSA) is 9.23 Å². The summed E-state index contributed by atoms with van der Waals surface area (Å²) >= 11 is 0. The fraction of sp³-hybridized carbons (Fsp3) is 0.455. The van der Waals surface area contributed by atoms with Gasteiger partial charge in [-0.3, -0.25) is 0 Å². The smallest absolute Gasteiger partial charge is 0.122 e. The minimum Gasteiger partial charge on any atom is -0.496 e. The van der Waals surface area contributed by atoms with Crippen LogP contribution in [0.25, 0.3) is 0 Å². The molecule has 0 saturated carbocycles. The van der Waals surface area contributed by atoms with Crippen LogP contribution in [0.4, 0.5) is 0 Å². The van der Waals surface area contributed by atoms with Crippen LogP contribution >= 0.6 is 0 Å². The molecule has 12 heavy (non-hydrogen) atoms. The van der Waals surface area contributed by atoms with Gasteiger partial charge >= 0.3 is 0 Å². The number of rotatable bonds is 3. The summed E-state index contributed by atoms with van der Waals surface area (Å²) < 4.78 is 5.27. The molecule has 0 spiro atoms. The van der Waals surface area contributed by atoms with Gasteiger partial charge < -0.3 is 4.74 Å². The highest BCUT2D eigenvalue weighted by atomic mass is 16.5. The maximum absolute atomic E-state index is 5.27. The van der Waals surface area contributed by atoms with Gasteiger partial charge in [0.05, 0.1) is 7.11 Å². The molecule has 0 aliphatic rings. The Morgan fingerprint density at radius 2 is 2.00 bits per heavy atom. The van der Waals surface area contributed by atoms with Crippen LogP contribution in [0.5, 0.6) is 5.75 Å². The summed E-state index contributed by atoms with van der Waals surface area (Å²) in [6, 6.07) is 8.21. The van der Waals surface area contributed by atoms with Gasteiger partial charge in [-0.05, 0) is 24.0 Å². The van der Waals surface area contributed by atoms with E-state index < -0.39 is 0 Å². The van der Waals surface area contributed by atoms with E-state index in [4.69, 9.17) is 4.74 Å². The molecular formula is C11H16O. The Hall–Kier alpha value is -0.980. The first-order chi connectivity index (χ1) is 5.79. The number of ether oxygens (including phenoxy) is 1. The largest absolute Gasteiger partial charge is 0.496 e. The second-order valence-electron chi connectivity index (χ2n) is 3.05. The lowest BCUT2D eigenvalue weighted by molar-refractivity contribution is 0.406. The molecular weight excluding hydrogens is 148 g/mol. The van der Waals surface area contributed by atoms with E-state index in [0.717, 1.165) is 12.2 Å². The highest BCUT2D eigenvalue weighted by molar-refractivity contribution is 5.35. The van der Waals surface area contributed by atoms with Crippen molar-refractivity contribution < 1.29 is 4.74 Å². The molecule has 66 valence electrons. The van der Waals surface area contributed by atoms with Gasteiger partial charge in [0.15, 0.2) is 0 Å². The van der Waals surface area contributed by atoms with E-state index in [0.29, 0.717) is 5.92 Å². The first-order valence-electron chi connectivity index (χ1n) is 4.42. The van der Waals surface area contributed by atoms with Crippen molar-refractivity contribution in [3.05, 3.63) is 29.8 Å². The van der Waals surface area contributed by atoms with Crippen molar-refractivity contribution in [2.75, 3.05) is 7.11 Å². The van der Waals surface area contributed by atoms with Crippen LogP contribution in [-0.2, 0) is 0 Å². The van der Waals surface area contributed by atoms with Crippen molar-refractivity contribution in [3.8, 4) is 5.75 Å². The van der Waals surface area contributed by atoms with Gasteiger partial charge in [0, 0.05) is 0 Å². The van der Waals surface area contributed by atoms with Crippen molar-refractivity contribution in [1.29, 1.82) is 0 Å². The van der Waals surface area contributed by atoms with E-state index in [-0.39, 0.29) is 0 Å². The number of para-hydroxylation sites is 1. The van der Waals surface area contributed by atoms with Crippen molar-refractivity contribution in [1.82, 2.24) is 0 Å². The second-order valence-corrected chi connectivity index (χ2v) is 3.05. The van der Waals surface area contributed by atoms with Crippen molar-refractivity contribution in [2.24, 2.45) is 0 Å². The van der Waals surface area contributed by atoms with E-state index in [1.165, 1.54) is 5.56 Å². The van der Waals surface area contributed by atoms with Crippen LogP contribution in [0, 0.1) is 0 Å². The predicted molar refractivity (Wildman–Crippen MR) is 51.7 cm³/mol. The molecule has 0 heterocycles. The van der Waals surface area contributed by atoms with Gasteiger partial charge in [-0.2, -0.15) is 0 Å². The summed E-state index contributed by atoms with van der Waals surface area (Å²) in [5.41, 5.74) is 1.31. The molecule has 0 aliphatic carbocycles. The summed E-state index contributed by atoms with van der Waals surface area (Å²) in [7, 11) is 1.72. The predicted octanol–water partition coefficient (Wildman–Crippen LogP) is 3.21. The van der Waals surface area contributed by atoms with E-state index in [1.54, 1.807) is 7.11 Å². The Labute approximate surface area is 74.4 Å². The molecule has 0 aromatic heterocycles. The third-order valence-electron chi connectivity index (χ3n) is 2.28. The molecule has 1 heteroatoms. The van der Waals surface area contributed by atoms with Gasteiger partial charge in [0.2, 0.25) is 0 Å². The molecule has 0 fully saturated rings. The zero-order valence-electron chi connectivity index (χ0n) is 8.00. The highest BCUT2D eigenvalue weighted by Crippen LogP contribution is 2.27. The molecule has 1 aromatic carbocycles. The maximum Gasteiger partial charge on any atom is 0.122 e. The Bertz CT molecular complexity index is 243. The van der Waals surface area contributed by atoms with Crippen LogP contribution in [0.15, 0.2) is 24.3 Å². The van der Waals surface area contributed by atoms with Crippen molar-refractivity contribution >= 4 is 0 Å². The molecule has 0 aliphatic heterocycles. The lowest BCUT2D eigenvalue weighted by Gasteiger charge is -2.12. The number of benzene rings is 1. The van der Waals surface area contributed by atoms with Crippen LogP contribution in [0.1, 0.15) is 31.7 Å². The van der Waals surface area contributed by atoms with Crippen LogP contribution in [0.3, 0.4) is 0 Å². The van der Waals surface area contributed by atoms with Crippen LogP contribution in [-0.4, -0.2) is 7.11 Å². The van der Waals surface area contributed by atoms with Gasteiger partial charge in [-0.1, -0.05) is 32.0 Å². The molecule has 0 amide bonds. The SMILES string of the molecule is CC[C@@H](C)c1ccccc1OC. The molecule has 0 radical (unpaired) electrons. The molecule has 0 N–H and O–H groups in total. The number of methoxy groups -OCH3 is 1. The Kier molecular flexibility index (Phi) is 3.15. The number of hydrogen-bond acceptors (Lipinski definition) is 1.